The fourth-order valence-electron chi connectivity index (χ4n) is 1.42. The van der Waals surface area contributed by atoms with Crippen LogP contribution >= 0.6 is 23.2 Å². The van der Waals surface area contributed by atoms with Crippen molar-refractivity contribution in [3.8, 4) is 0 Å². The zero-order valence-corrected chi connectivity index (χ0v) is 14.4. The van der Waals surface area contributed by atoms with Gasteiger partial charge in [-0.05, 0) is 24.1 Å². The predicted molar refractivity (Wildman–Crippen MR) is 88.9 cm³/mol. The number of methoxy groups -OCH3 is 1. The molecule has 1 amide bonds. The highest BCUT2D eigenvalue weighted by molar-refractivity contribution is 6.42. The van der Waals surface area contributed by atoms with Crippen molar-refractivity contribution >= 4 is 35.1 Å². The highest BCUT2D eigenvalue weighted by atomic mass is 35.5. The topological polar surface area (TPSA) is 59.9 Å². The standard InChI is InChI=1S/C15H20Cl2N2O3/c1-10(2)9-18-15(22-7-6-21-3)19-14(20)11-4-5-12(16)13(17)8-11/h4-5,8,10H,6-7,9H2,1-3H3,(H,18,19,20). The van der Waals surface area contributed by atoms with E-state index in [9.17, 15) is 4.79 Å². The Kier molecular flexibility index (Phi) is 8.24. The minimum absolute atomic E-state index is 0.168. The number of nitrogens with zero attached hydrogens (tertiary/aromatic N) is 1. The first kappa shape index (κ1) is 18.7. The number of hydrogen-bond donors (Lipinski definition) is 1. The van der Waals surface area contributed by atoms with E-state index in [1.54, 1.807) is 19.2 Å². The van der Waals surface area contributed by atoms with Gasteiger partial charge in [-0.2, -0.15) is 0 Å². The van der Waals surface area contributed by atoms with Gasteiger partial charge in [0.1, 0.15) is 6.61 Å². The van der Waals surface area contributed by atoms with Gasteiger partial charge >= 0.3 is 0 Å². The van der Waals surface area contributed by atoms with Crippen molar-refractivity contribution in [3.63, 3.8) is 0 Å². The minimum Gasteiger partial charge on any atom is -0.463 e. The zero-order chi connectivity index (χ0) is 16.5. The van der Waals surface area contributed by atoms with Gasteiger partial charge in [0.05, 0.1) is 16.7 Å². The molecule has 5 nitrogen and oxygen atoms in total. The molecule has 0 saturated heterocycles. The number of aliphatic imine (C=N–C) groups is 1. The first-order chi connectivity index (χ1) is 10.4. The molecule has 7 heteroatoms. The third-order valence-corrected chi connectivity index (χ3v) is 3.27. The van der Waals surface area contributed by atoms with Gasteiger partial charge in [0.2, 0.25) is 0 Å². The van der Waals surface area contributed by atoms with Crippen molar-refractivity contribution < 1.29 is 14.3 Å². The molecule has 0 fully saturated rings. The lowest BCUT2D eigenvalue weighted by molar-refractivity contribution is 0.0953. The van der Waals surface area contributed by atoms with E-state index in [-0.39, 0.29) is 11.9 Å². The van der Waals surface area contributed by atoms with Crippen LogP contribution in [0.15, 0.2) is 23.2 Å². The van der Waals surface area contributed by atoms with Crippen molar-refractivity contribution in [1.82, 2.24) is 5.32 Å². The van der Waals surface area contributed by atoms with Crippen LogP contribution in [0.3, 0.4) is 0 Å². The normalized spacial score (nSPS) is 11.6. The van der Waals surface area contributed by atoms with Gasteiger partial charge in [-0.3, -0.25) is 10.1 Å². The van der Waals surface area contributed by atoms with Gasteiger partial charge in [0.15, 0.2) is 0 Å². The maximum Gasteiger partial charge on any atom is 0.291 e. The number of ether oxygens (including phenoxy) is 2. The monoisotopic (exact) mass is 346 g/mol. The number of nitrogens with one attached hydrogen (secondary N) is 1. The van der Waals surface area contributed by atoms with E-state index < -0.39 is 0 Å². The first-order valence-corrected chi connectivity index (χ1v) is 7.62. The summed E-state index contributed by atoms with van der Waals surface area (Å²) in [4.78, 5) is 16.4. The number of rotatable bonds is 6. The molecule has 0 heterocycles. The molecule has 122 valence electrons. The summed E-state index contributed by atoms with van der Waals surface area (Å²) in [5.74, 6) is -0.0126. The molecule has 0 bridgehead atoms. The van der Waals surface area contributed by atoms with Gasteiger partial charge in [-0.1, -0.05) is 37.0 Å². The summed E-state index contributed by atoms with van der Waals surface area (Å²) in [6.45, 7) is 5.30. The Morgan fingerprint density at radius 3 is 2.59 bits per heavy atom. The molecule has 0 saturated carbocycles. The lowest BCUT2D eigenvalue weighted by Gasteiger charge is -2.11. The maximum absolute atomic E-state index is 12.2. The van der Waals surface area contributed by atoms with E-state index in [1.165, 1.54) is 6.07 Å². The molecular weight excluding hydrogens is 327 g/mol. The van der Waals surface area contributed by atoms with E-state index in [4.69, 9.17) is 32.7 Å². The Morgan fingerprint density at radius 1 is 1.27 bits per heavy atom. The van der Waals surface area contributed by atoms with Crippen molar-refractivity contribution in [2.75, 3.05) is 26.9 Å². The fourth-order valence-corrected chi connectivity index (χ4v) is 1.71. The molecule has 1 N–H and O–H groups in total. The Bertz CT molecular complexity index is 534. The molecule has 0 unspecified atom stereocenters. The number of benzene rings is 1. The van der Waals surface area contributed by atoms with Crippen molar-refractivity contribution in [1.29, 1.82) is 0 Å². The Balaban J connectivity index is 2.75. The number of carbonyl (C=O) groups is 1. The summed E-state index contributed by atoms with van der Waals surface area (Å²) >= 11 is 11.7. The van der Waals surface area contributed by atoms with E-state index in [0.29, 0.717) is 41.3 Å². The Morgan fingerprint density at radius 2 is 2.00 bits per heavy atom. The maximum atomic E-state index is 12.2. The molecule has 0 aromatic heterocycles. The summed E-state index contributed by atoms with van der Waals surface area (Å²) in [5.41, 5.74) is 0.377. The molecule has 0 aliphatic carbocycles. The van der Waals surface area contributed by atoms with Gasteiger partial charge < -0.3 is 9.47 Å². The number of amides is 1. The summed E-state index contributed by atoms with van der Waals surface area (Å²) in [5, 5.41) is 3.33. The van der Waals surface area contributed by atoms with E-state index in [0.717, 1.165) is 0 Å². The first-order valence-electron chi connectivity index (χ1n) is 6.86. The van der Waals surface area contributed by atoms with Crippen LogP contribution in [0.1, 0.15) is 24.2 Å². The van der Waals surface area contributed by atoms with Crippen LogP contribution in [0.25, 0.3) is 0 Å². The highest BCUT2D eigenvalue weighted by Crippen LogP contribution is 2.22. The second-order valence-electron chi connectivity index (χ2n) is 4.96. The number of amidine groups is 1. The van der Waals surface area contributed by atoms with Crippen LogP contribution in [-0.2, 0) is 9.47 Å². The number of hydrogen-bond acceptors (Lipinski definition) is 4. The van der Waals surface area contributed by atoms with Crippen LogP contribution in [-0.4, -0.2) is 38.8 Å². The molecule has 1 rings (SSSR count). The average Bonchev–Trinajstić information content (AvgIpc) is 2.47. The summed E-state index contributed by atoms with van der Waals surface area (Å²) in [6, 6.07) is 4.81. The van der Waals surface area contributed by atoms with Crippen LogP contribution < -0.4 is 5.32 Å². The lowest BCUT2D eigenvalue weighted by atomic mass is 10.2. The largest absolute Gasteiger partial charge is 0.463 e. The quantitative estimate of drug-likeness (QED) is 0.487. The zero-order valence-electron chi connectivity index (χ0n) is 12.9. The minimum atomic E-state index is -0.363. The average molecular weight is 347 g/mol. The summed E-state index contributed by atoms with van der Waals surface area (Å²) in [7, 11) is 1.57. The third-order valence-electron chi connectivity index (χ3n) is 2.53. The lowest BCUT2D eigenvalue weighted by Crippen LogP contribution is -2.33. The van der Waals surface area contributed by atoms with Gasteiger partial charge in [-0.25, -0.2) is 4.99 Å². The predicted octanol–water partition coefficient (Wildman–Crippen LogP) is 3.40. The molecule has 1 aromatic rings. The number of carbonyl (C=O) groups excluding carboxylic acids is 1. The second-order valence-corrected chi connectivity index (χ2v) is 5.78. The highest BCUT2D eigenvalue weighted by Gasteiger charge is 2.12. The second kappa shape index (κ2) is 9.66. The molecule has 1 aromatic carbocycles. The van der Waals surface area contributed by atoms with Crippen LogP contribution in [0.2, 0.25) is 10.0 Å². The summed E-state index contributed by atoms with van der Waals surface area (Å²) < 4.78 is 10.3. The molecule has 0 aliphatic heterocycles. The van der Waals surface area contributed by atoms with Crippen molar-refractivity contribution in [2.45, 2.75) is 13.8 Å². The Hall–Kier alpha value is -1.30. The fraction of sp³-hybridized carbons (Fsp3) is 0.467. The Labute approximate surface area is 140 Å². The van der Waals surface area contributed by atoms with Crippen LogP contribution in [0, 0.1) is 5.92 Å². The van der Waals surface area contributed by atoms with Crippen molar-refractivity contribution in [2.24, 2.45) is 10.9 Å². The van der Waals surface area contributed by atoms with Gasteiger partial charge in [0.25, 0.3) is 11.9 Å². The van der Waals surface area contributed by atoms with E-state index in [2.05, 4.69) is 10.3 Å². The molecule has 0 aliphatic rings. The van der Waals surface area contributed by atoms with E-state index in [1.807, 2.05) is 13.8 Å². The summed E-state index contributed by atoms with van der Waals surface area (Å²) in [6.07, 6.45) is 0. The van der Waals surface area contributed by atoms with Crippen LogP contribution in [0.4, 0.5) is 0 Å². The molecule has 22 heavy (non-hydrogen) atoms. The molecule has 0 spiro atoms. The number of halogens is 2. The molecular formula is C15H20Cl2N2O3. The van der Waals surface area contributed by atoms with Gasteiger partial charge in [-0.15, -0.1) is 0 Å². The molecule has 0 radical (unpaired) electrons. The van der Waals surface area contributed by atoms with Gasteiger partial charge in [0, 0.05) is 19.2 Å². The SMILES string of the molecule is COCCOC(=NCC(C)C)NC(=O)c1ccc(Cl)c(Cl)c1. The molecule has 0 atom stereocenters. The van der Waals surface area contributed by atoms with Crippen molar-refractivity contribution in [3.05, 3.63) is 33.8 Å². The van der Waals surface area contributed by atoms with E-state index >= 15 is 0 Å². The third kappa shape index (κ3) is 6.64. The smallest absolute Gasteiger partial charge is 0.291 e. The van der Waals surface area contributed by atoms with Crippen LogP contribution in [0.5, 0.6) is 0 Å².